The Morgan fingerprint density at radius 1 is 1.35 bits per heavy atom. The van der Waals surface area contributed by atoms with E-state index in [9.17, 15) is 0 Å². The summed E-state index contributed by atoms with van der Waals surface area (Å²) in [4.78, 5) is 4.83. The number of hydrogen-bond donors (Lipinski definition) is 0. The van der Waals surface area contributed by atoms with Crippen molar-refractivity contribution in [2.24, 2.45) is 5.92 Å². The predicted molar refractivity (Wildman–Crippen MR) is 85.6 cm³/mol. The molecule has 0 amide bonds. The van der Waals surface area contributed by atoms with Crippen LogP contribution in [0.25, 0.3) is 11.0 Å². The van der Waals surface area contributed by atoms with Crippen LogP contribution in [0.4, 0.5) is 0 Å². The number of alkyl halides is 1. The number of imidazole rings is 1. The molecule has 3 heteroatoms. The number of aryl methyl sites for hydroxylation is 2. The molecule has 0 bridgehead atoms. The molecular formula is C17H23ClN2. The van der Waals surface area contributed by atoms with Crippen molar-refractivity contribution in [1.82, 2.24) is 9.55 Å². The van der Waals surface area contributed by atoms with E-state index in [0.29, 0.717) is 11.9 Å². The van der Waals surface area contributed by atoms with Gasteiger partial charge in [0.2, 0.25) is 0 Å². The molecule has 108 valence electrons. The third-order valence-electron chi connectivity index (χ3n) is 4.73. The van der Waals surface area contributed by atoms with E-state index in [1.807, 2.05) is 0 Å². The highest BCUT2D eigenvalue weighted by atomic mass is 35.5. The number of nitrogens with zero attached hydrogens (tertiary/aromatic N) is 2. The molecule has 0 radical (unpaired) electrons. The van der Waals surface area contributed by atoms with Crippen molar-refractivity contribution in [2.75, 3.05) is 5.88 Å². The molecule has 3 rings (SSSR count). The van der Waals surface area contributed by atoms with Crippen molar-refractivity contribution in [2.45, 2.75) is 52.0 Å². The normalized spacial score (nSPS) is 17.9. The molecule has 0 spiro atoms. The van der Waals surface area contributed by atoms with E-state index in [2.05, 4.69) is 36.6 Å². The van der Waals surface area contributed by atoms with Gasteiger partial charge in [0.25, 0.3) is 0 Å². The molecule has 1 aromatic heterocycles. The van der Waals surface area contributed by atoms with Crippen LogP contribution in [0.2, 0.25) is 0 Å². The Morgan fingerprint density at radius 2 is 2.10 bits per heavy atom. The van der Waals surface area contributed by atoms with E-state index in [4.69, 9.17) is 16.6 Å². The maximum Gasteiger partial charge on any atom is 0.111 e. The van der Waals surface area contributed by atoms with Gasteiger partial charge in [-0.15, -0.1) is 11.6 Å². The number of aromatic nitrogens is 2. The monoisotopic (exact) mass is 290 g/mol. The van der Waals surface area contributed by atoms with E-state index >= 15 is 0 Å². The fraction of sp³-hybridized carbons (Fsp3) is 0.588. The maximum absolute atomic E-state index is 5.98. The quantitative estimate of drug-likeness (QED) is 0.734. The van der Waals surface area contributed by atoms with Gasteiger partial charge in [0.05, 0.1) is 11.0 Å². The highest BCUT2D eigenvalue weighted by Crippen LogP contribution is 2.36. The number of hydrogen-bond acceptors (Lipinski definition) is 1. The number of benzene rings is 1. The average Bonchev–Trinajstić information content (AvgIpc) is 3.05. The zero-order valence-corrected chi connectivity index (χ0v) is 13.2. The second-order valence-corrected chi connectivity index (χ2v) is 6.49. The third-order valence-corrected chi connectivity index (χ3v) is 4.91. The number of rotatable bonds is 4. The molecule has 1 unspecified atom stereocenters. The summed E-state index contributed by atoms with van der Waals surface area (Å²) in [5.41, 5.74) is 3.66. The van der Waals surface area contributed by atoms with Crippen LogP contribution in [0.15, 0.2) is 18.2 Å². The lowest BCUT2D eigenvalue weighted by atomic mass is 9.99. The minimum absolute atomic E-state index is 0.531. The fourth-order valence-corrected chi connectivity index (χ4v) is 3.79. The van der Waals surface area contributed by atoms with Gasteiger partial charge >= 0.3 is 0 Å². The third kappa shape index (κ3) is 2.46. The highest BCUT2D eigenvalue weighted by Gasteiger charge is 2.25. The minimum Gasteiger partial charge on any atom is -0.325 e. The largest absolute Gasteiger partial charge is 0.325 e. The lowest BCUT2D eigenvalue weighted by Gasteiger charge is -2.23. The van der Waals surface area contributed by atoms with Crippen molar-refractivity contribution >= 4 is 22.6 Å². The Kier molecular flexibility index (Phi) is 4.02. The standard InChI is InChI=1S/C17H23ClN2/c1-12-7-8-16-15(11-12)19-17(9-10-18)20(16)13(2)14-5-3-4-6-14/h7-8,11,13-14H,3-6,9-10H2,1-2H3. The summed E-state index contributed by atoms with van der Waals surface area (Å²) >= 11 is 5.98. The zero-order valence-electron chi connectivity index (χ0n) is 12.4. The van der Waals surface area contributed by atoms with Crippen molar-refractivity contribution < 1.29 is 0 Å². The van der Waals surface area contributed by atoms with Crippen LogP contribution in [0, 0.1) is 12.8 Å². The van der Waals surface area contributed by atoms with E-state index in [0.717, 1.165) is 23.7 Å². The van der Waals surface area contributed by atoms with Gasteiger partial charge in [-0.25, -0.2) is 4.98 Å². The van der Waals surface area contributed by atoms with E-state index in [-0.39, 0.29) is 0 Å². The topological polar surface area (TPSA) is 17.8 Å². The summed E-state index contributed by atoms with van der Waals surface area (Å²) in [7, 11) is 0. The summed E-state index contributed by atoms with van der Waals surface area (Å²) in [6, 6.07) is 7.13. The second-order valence-electron chi connectivity index (χ2n) is 6.11. The molecule has 20 heavy (non-hydrogen) atoms. The number of fused-ring (bicyclic) bond motifs is 1. The molecule has 1 saturated carbocycles. The smallest absolute Gasteiger partial charge is 0.111 e. The van der Waals surface area contributed by atoms with E-state index in [1.165, 1.54) is 36.8 Å². The first-order chi connectivity index (χ1) is 9.70. The first kappa shape index (κ1) is 13.9. The van der Waals surface area contributed by atoms with Crippen LogP contribution in [0.5, 0.6) is 0 Å². The molecule has 1 atom stereocenters. The lowest BCUT2D eigenvalue weighted by Crippen LogP contribution is -2.17. The average molecular weight is 291 g/mol. The van der Waals surface area contributed by atoms with Crippen LogP contribution >= 0.6 is 11.6 Å². The molecule has 0 aliphatic heterocycles. The van der Waals surface area contributed by atoms with Crippen LogP contribution in [0.1, 0.15) is 50.0 Å². The molecule has 1 aromatic carbocycles. The SMILES string of the molecule is Cc1ccc2c(c1)nc(CCCl)n2C(C)C1CCCC1. The first-order valence-electron chi connectivity index (χ1n) is 7.74. The van der Waals surface area contributed by atoms with Crippen LogP contribution in [0.3, 0.4) is 0 Å². The summed E-state index contributed by atoms with van der Waals surface area (Å²) in [6.45, 7) is 4.48. The molecule has 1 aliphatic rings. The van der Waals surface area contributed by atoms with E-state index < -0.39 is 0 Å². The minimum atomic E-state index is 0.531. The van der Waals surface area contributed by atoms with Gasteiger partial charge < -0.3 is 4.57 Å². The molecular weight excluding hydrogens is 268 g/mol. The molecule has 1 aliphatic carbocycles. The Balaban J connectivity index is 2.07. The van der Waals surface area contributed by atoms with Gasteiger partial charge in [-0.2, -0.15) is 0 Å². The molecule has 2 nitrogen and oxygen atoms in total. The first-order valence-corrected chi connectivity index (χ1v) is 8.27. The molecule has 1 fully saturated rings. The molecule has 2 aromatic rings. The molecule has 0 saturated heterocycles. The number of halogens is 1. The Morgan fingerprint density at radius 3 is 2.80 bits per heavy atom. The van der Waals surface area contributed by atoms with Gasteiger partial charge in [-0.1, -0.05) is 18.9 Å². The van der Waals surface area contributed by atoms with Gasteiger partial charge in [-0.3, -0.25) is 0 Å². The molecule has 0 N–H and O–H groups in total. The van der Waals surface area contributed by atoms with Crippen molar-refractivity contribution in [3.8, 4) is 0 Å². The fourth-order valence-electron chi connectivity index (χ4n) is 3.62. The van der Waals surface area contributed by atoms with Crippen molar-refractivity contribution in [1.29, 1.82) is 0 Å². The van der Waals surface area contributed by atoms with Crippen LogP contribution < -0.4 is 0 Å². The molecule has 1 heterocycles. The highest BCUT2D eigenvalue weighted by molar-refractivity contribution is 6.17. The van der Waals surface area contributed by atoms with Crippen molar-refractivity contribution in [3.63, 3.8) is 0 Å². The second kappa shape index (κ2) is 5.77. The van der Waals surface area contributed by atoms with E-state index in [1.54, 1.807) is 0 Å². The predicted octanol–water partition coefficient (Wildman–Crippen LogP) is 4.88. The Labute approximate surface area is 126 Å². The summed E-state index contributed by atoms with van der Waals surface area (Å²) < 4.78 is 2.45. The summed E-state index contributed by atoms with van der Waals surface area (Å²) in [5.74, 6) is 2.59. The summed E-state index contributed by atoms with van der Waals surface area (Å²) in [6.07, 6.45) is 6.32. The maximum atomic E-state index is 5.98. The Hall–Kier alpha value is -1.02. The van der Waals surface area contributed by atoms with Crippen molar-refractivity contribution in [3.05, 3.63) is 29.6 Å². The van der Waals surface area contributed by atoms with Gasteiger partial charge in [-0.05, 0) is 50.3 Å². The van der Waals surface area contributed by atoms with Gasteiger partial charge in [0.1, 0.15) is 5.82 Å². The van der Waals surface area contributed by atoms with Crippen LogP contribution in [-0.2, 0) is 6.42 Å². The van der Waals surface area contributed by atoms with Gasteiger partial charge in [0, 0.05) is 18.3 Å². The zero-order chi connectivity index (χ0) is 14.1. The van der Waals surface area contributed by atoms with Gasteiger partial charge in [0.15, 0.2) is 0 Å². The lowest BCUT2D eigenvalue weighted by molar-refractivity contribution is 0.360. The van der Waals surface area contributed by atoms with Crippen LogP contribution in [-0.4, -0.2) is 15.4 Å². The summed E-state index contributed by atoms with van der Waals surface area (Å²) in [5, 5.41) is 0. The Bertz CT molecular complexity index is 596.